The minimum absolute atomic E-state index is 0. The minimum Gasteiger partial charge on any atom is -0.543 e. The van der Waals surface area contributed by atoms with Crippen molar-refractivity contribution in [2.75, 3.05) is 37.0 Å². The molecule has 0 unspecified atom stereocenters. The number of fused-ring (bicyclic) bond motifs is 2. The summed E-state index contributed by atoms with van der Waals surface area (Å²) in [6.45, 7) is 2.77. The van der Waals surface area contributed by atoms with Crippen LogP contribution in [0.5, 0.6) is 5.75 Å². The second-order valence-corrected chi connectivity index (χ2v) is 12.2. The molecule has 15 heteroatoms. The third kappa shape index (κ3) is 6.77. The van der Waals surface area contributed by atoms with Gasteiger partial charge in [0.1, 0.15) is 35.2 Å². The van der Waals surface area contributed by atoms with Crippen molar-refractivity contribution < 1.29 is 67.7 Å². The van der Waals surface area contributed by atoms with E-state index >= 15 is 4.39 Å². The first-order valence-electron chi connectivity index (χ1n) is 14.8. The SMILES string of the molecule is CCn1cc(C(=O)OCC2=C(C(=O)[O-])N3C(=O)[C@@H](NC(=O)COc4ccccc4)[C@H]3SC2)c(=O)c2cc(F)c(N3CCCC3)cc21.[Na+]. The van der Waals surface area contributed by atoms with Gasteiger partial charge in [-0.2, -0.15) is 0 Å². The fourth-order valence-corrected chi connectivity index (χ4v) is 7.23. The van der Waals surface area contributed by atoms with Crippen LogP contribution in [0.3, 0.4) is 0 Å². The van der Waals surface area contributed by atoms with Crippen LogP contribution >= 0.6 is 11.8 Å². The first-order chi connectivity index (χ1) is 22.2. The van der Waals surface area contributed by atoms with E-state index in [1.165, 1.54) is 18.0 Å². The maximum absolute atomic E-state index is 15.1. The van der Waals surface area contributed by atoms with Crippen LogP contribution in [0.25, 0.3) is 10.9 Å². The molecule has 0 aliphatic carbocycles. The molecule has 2 amide bonds. The Morgan fingerprint density at radius 3 is 2.51 bits per heavy atom. The number of aryl methyl sites for hydroxylation is 1. The minimum atomic E-state index is -1.65. The van der Waals surface area contributed by atoms with Gasteiger partial charge in [0.2, 0.25) is 5.43 Å². The Kier molecular flexibility index (Phi) is 10.6. The number of hydrogen-bond donors (Lipinski definition) is 1. The van der Waals surface area contributed by atoms with Gasteiger partial charge >= 0.3 is 35.5 Å². The summed E-state index contributed by atoms with van der Waals surface area (Å²) in [6.07, 6.45) is 3.25. The van der Waals surface area contributed by atoms with Crippen LogP contribution in [-0.4, -0.2) is 76.7 Å². The number of anilines is 1. The van der Waals surface area contributed by atoms with Gasteiger partial charge in [-0.05, 0) is 44.0 Å². The molecule has 47 heavy (non-hydrogen) atoms. The fourth-order valence-electron chi connectivity index (χ4n) is 5.90. The number of thioether (sulfide) groups is 1. The number of benzene rings is 2. The van der Waals surface area contributed by atoms with Crippen LogP contribution in [0.15, 0.2) is 64.7 Å². The number of aliphatic carboxylic acids is 1. The molecule has 6 rings (SSSR count). The van der Waals surface area contributed by atoms with Gasteiger partial charge in [0, 0.05) is 42.5 Å². The number of carboxylic acids is 1. The third-order valence-electron chi connectivity index (χ3n) is 8.20. The van der Waals surface area contributed by atoms with E-state index in [-0.39, 0.29) is 58.4 Å². The van der Waals surface area contributed by atoms with Gasteiger partial charge < -0.3 is 34.2 Å². The van der Waals surface area contributed by atoms with Gasteiger partial charge in [0.05, 0.1) is 22.9 Å². The van der Waals surface area contributed by atoms with Crippen molar-refractivity contribution >= 4 is 52.1 Å². The van der Waals surface area contributed by atoms with Crippen LogP contribution in [0, 0.1) is 5.82 Å². The molecule has 2 fully saturated rings. The zero-order valence-electron chi connectivity index (χ0n) is 25.8. The van der Waals surface area contributed by atoms with Crippen molar-refractivity contribution in [3.05, 3.63) is 81.5 Å². The standard InChI is InChI=1S/C32H31FN4O8S.Na/c1-2-35-14-21(28(39)20-12-22(33)24(13-23(20)35)36-10-6-7-11-36)32(43)45-15-18-17-46-30-26(29(40)37(30)27(18)31(41)42)34-25(38)16-44-19-8-4-3-5-9-19;/h3-5,8-9,12-14,26,30H,2,6-7,10-11,15-17H2,1H3,(H,34,38)(H,41,42);/q;+1/p-1/t26-,30-;/m1./s1. The van der Waals surface area contributed by atoms with Gasteiger partial charge in [-0.25, -0.2) is 9.18 Å². The Labute approximate surface area is 295 Å². The Bertz CT molecular complexity index is 1830. The normalized spacial score (nSPS) is 18.7. The number of ether oxygens (including phenoxy) is 2. The average molecular weight is 673 g/mol. The van der Waals surface area contributed by atoms with Crippen molar-refractivity contribution in [3.8, 4) is 5.75 Å². The maximum atomic E-state index is 15.1. The van der Waals surface area contributed by atoms with E-state index in [0.717, 1.165) is 23.8 Å². The molecule has 2 aromatic carbocycles. The van der Waals surface area contributed by atoms with Gasteiger partial charge in [-0.3, -0.25) is 19.3 Å². The van der Waals surface area contributed by atoms with Crippen LogP contribution in [-0.2, 0) is 25.7 Å². The zero-order valence-corrected chi connectivity index (χ0v) is 28.6. The van der Waals surface area contributed by atoms with Crippen LogP contribution in [0.2, 0.25) is 0 Å². The van der Waals surface area contributed by atoms with Crippen molar-refractivity contribution in [2.45, 2.75) is 37.7 Å². The number of para-hydroxylation sites is 1. The van der Waals surface area contributed by atoms with Crippen molar-refractivity contribution in [1.82, 2.24) is 14.8 Å². The number of aromatic nitrogens is 1. The molecule has 2 saturated heterocycles. The quantitative estimate of drug-likeness (QED) is 0.152. The molecule has 3 aliphatic rings. The summed E-state index contributed by atoms with van der Waals surface area (Å²) in [4.78, 5) is 66.9. The zero-order chi connectivity index (χ0) is 32.5. The van der Waals surface area contributed by atoms with Crippen LogP contribution < -0.4 is 55.0 Å². The van der Waals surface area contributed by atoms with Crippen molar-refractivity contribution in [1.29, 1.82) is 0 Å². The second-order valence-electron chi connectivity index (χ2n) is 11.0. The largest absolute Gasteiger partial charge is 1.00 e. The Morgan fingerprint density at radius 1 is 1.11 bits per heavy atom. The average Bonchev–Trinajstić information content (AvgIpc) is 3.60. The van der Waals surface area contributed by atoms with Crippen molar-refractivity contribution in [2.24, 2.45) is 0 Å². The number of rotatable bonds is 10. The summed E-state index contributed by atoms with van der Waals surface area (Å²) in [6, 6.07) is 10.4. The number of pyridine rings is 1. The van der Waals surface area contributed by atoms with E-state index in [1.807, 2.05) is 11.8 Å². The monoisotopic (exact) mass is 672 g/mol. The molecule has 3 aromatic rings. The van der Waals surface area contributed by atoms with Crippen molar-refractivity contribution in [3.63, 3.8) is 0 Å². The number of halogens is 1. The Hall–Kier alpha value is -3.85. The van der Waals surface area contributed by atoms with Crippen LogP contribution in [0.4, 0.5) is 10.1 Å². The molecule has 0 radical (unpaired) electrons. The van der Waals surface area contributed by atoms with E-state index < -0.39 is 58.7 Å². The number of carboxylic acid groups (broad SMARTS) is 1. The molecule has 1 aromatic heterocycles. The van der Waals surface area contributed by atoms with Crippen LogP contribution in [0.1, 0.15) is 30.1 Å². The number of β-lactam (4-membered cyclic amide) rings is 1. The Balaban J connectivity index is 0.00000433. The summed E-state index contributed by atoms with van der Waals surface area (Å²) in [7, 11) is 0. The molecular formula is C32H30FN4NaO8S. The number of nitrogens with zero attached hydrogens (tertiary/aromatic N) is 3. The second kappa shape index (κ2) is 14.5. The summed E-state index contributed by atoms with van der Waals surface area (Å²) in [5.41, 5.74) is -0.517. The fraction of sp³-hybridized carbons (Fsp3) is 0.344. The smallest absolute Gasteiger partial charge is 0.543 e. The summed E-state index contributed by atoms with van der Waals surface area (Å²) >= 11 is 1.18. The number of hydrogen-bond acceptors (Lipinski definition) is 10. The van der Waals surface area contributed by atoms with Gasteiger partial charge in [0.25, 0.3) is 11.8 Å². The molecule has 12 nitrogen and oxygen atoms in total. The molecule has 0 bridgehead atoms. The number of carbonyl (C=O) groups is 4. The van der Waals surface area contributed by atoms with Gasteiger partial charge in [0.15, 0.2) is 6.61 Å². The predicted molar refractivity (Wildman–Crippen MR) is 165 cm³/mol. The first kappa shape index (κ1) is 34.5. The summed E-state index contributed by atoms with van der Waals surface area (Å²) < 4.78 is 27.6. The third-order valence-corrected chi connectivity index (χ3v) is 9.54. The first-order valence-corrected chi connectivity index (χ1v) is 15.9. The topological polar surface area (TPSA) is 150 Å². The predicted octanol–water partition coefficient (Wildman–Crippen LogP) is -1.60. The molecule has 3 aliphatic heterocycles. The summed E-state index contributed by atoms with van der Waals surface area (Å²) in [5, 5.41) is 14.0. The Morgan fingerprint density at radius 2 is 1.83 bits per heavy atom. The number of carbonyl (C=O) groups excluding carboxylic acids is 4. The summed E-state index contributed by atoms with van der Waals surface area (Å²) in [5.74, 6) is -3.91. The molecule has 4 heterocycles. The molecule has 2 atom stereocenters. The molecule has 1 N–H and O–H groups in total. The number of amides is 2. The van der Waals surface area contributed by atoms with E-state index in [4.69, 9.17) is 9.47 Å². The number of nitrogens with one attached hydrogen (secondary N) is 1. The van der Waals surface area contributed by atoms with E-state index in [2.05, 4.69) is 5.32 Å². The molecule has 240 valence electrons. The molecule has 0 spiro atoms. The molecule has 0 saturated carbocycles. The number of esters is 1. The van der Waals surface area contributed by atoms with E-state index in [1.54, 1.807) is 41.0 Å². The van der Waals surface area contributed by atoms with E-state index in [0.29, 0.717) is 36.6 Å². The van der Waals surface area contributed by atoms with E-state index in [9.17, 15) is 29.1 Å². The van der Waals surface area contributed by atoms with Gasteiger partial charge in [-0.1, -0.05) is 18.2 Å². The maximum Gasteiger partial charge on any atom is 1.00 e. The molecular weight excluding hydrogens is 642 g/mol. The van der Waals surface area contributed by atoms with Gasteiger partial charge in [-0.15, -0.1) is 11.8 Å².